The van der Waals surface area contributed by atoms with Gasteiger partial charge in [-0.25, -0.2) is 4.79 Å². The first-order valence-corrected chi connectivity index (χ1v) is 10.2. The van der Waals surface area contributed by atoms with Crippen molar-refractivity contribution in [3.05, 3.63) is 81.5 Å². The fourth-order valence-electron chi connectivity index (χ4n) is 3.32. The van der Waals surface area contributed by atoms with E-state index in [-0.39, 0.29) is 22.1 Å². The van der Waals surface area contributed by atoms with Gasteiger partial charge in [-0.2, -0.15) is 0 Å². The Kier molecular flexibility index (Phi) is 6.24. The molecule has 1 aromatic heterocycles. The second kappa shape index (κ2) is 9.26. The summed E-state index contributed by atoms with van der Waals surface area (Å²) in [6.45, 7) is 0. The summed E-state index contributed by atoms with van der Waals surface area (Å²) >= 11 is 5.92. The first kappa shape index (κ1) is 22.2. The number of benzene rings is 3. The third-order valence-corrected chi connectivity index (χ3v) is 5.19. The number of hydrogen-bond acceptors (Lipinski definition) is 7. The fraction of sp³-hybridized carbons (Fsp3) is 0.120. The van der Waals surface area contributed by atoms with Gasteiger partial charge in [-0.05, 0) is 54.6 Å². The molecule has 0 aliphatic heterocycles. The van der Waals surface area contributed by atoms with Gasteiger partial charge >= 0.3 is 5.97 Å². The lowest BCUT2D eigenvalue weighted by molar-refractivity contribution is 0.0734. The zero-order valence-corrected chi connectivity index (χ0v) is 18.8. The number of carbonyl (C=O) groups excluding carboxylic acids is 1. The molecule has 7 nitrogen and oxygen atoms in total. The lowest BCUT2D eigenvalue weighted by atomic mass is 10.1. The Balaban J connectivity index is 1.65. The predicted molar refractivity (Wildman–Crippen MR) is 124 cm³/mol. The summed E-state index contributed by atoms with van der Waals surface area (Å²) in [4.78, 5) is 25.5. The van der Waals surface area contributed by atoms with Gasteiger partial charge in [-0.1, -0.05) is 11.6 Å². The van der Waals surface area contributed by atoms with E-state index in [2.05, 4.69) is 0 Å². The molecular formula is C25H19ClO7. The molecule has 33 heavy (non-hydrogen) atoms. The summed E-state index contributed by atoms with van der Waals surface area (Å²) < 4.78 is 27.2. The van der Waals surface area contributed by atoms with Crippen LogP contribution in [0.5, 0.6) is 23.0 Å². The van der Waals surface area contributed by atoms with E-state index in [9.17, 15) is 9.59 Å². The smallest absolute Gasteiger partial charge is 0.343 e. The van der Waals surface area contributed by atoms with Crippen LogP contribution in [0.2, 0.25) is 5.02 Å². The Morgan fingerprint density at radius 2 is 1.52 bits per heavy atom. The second-order valence-electron chi connectivity index (χ2n) is 6.94. The molecule has 0 aliphatic carbocycles. The van der Waals surface area contributed by atoms with Crippen LogP contribution in [0.25, 0.3) is 22.3 Å². The van der Waals surface area contributed by atoms with Crippen LogP contribution in [-0.2, 0) is 0 Å². The van der Waals surface area contributed by atoms with Crippen molar-refractivity contribution in [2.45, 2.75) is 0 Å². The third kappa shape index (κ3) is 4.49. The van der Waals surface area contributed by atoms with Crippen LogP contribution < -0.4 is 24.4 Å². The summed E-state index contributed by atoms with van der Waals surface area (Å²) in [6, 6.07) is 15.9. The highest BCUT2D eigenvalue weighted by molar-refractivity contribution is 6.30. The molecule has 0 N–H and O–H groups in total. The van der Waals surface area contributed by atoms with Crippen molar-refractivity contribution < 1.29 is 28.2 Å². The molecule has 1 heterocycles. The van der Waals surface area contributed by atoms with E-state index >= 15 is 0 Å². The maximum absolute atomic E-state index is 12.8. The quantitative estimate of drug-likeness (QED) is 0.279. The molecule has 3 aromatic carbocycles. The highest BCUT2D eigenvalue weighted by atomic mass is 35.5. The van der Waals surface area contributed by atoms with Gasteiger partial charge < -0.3 is 23.4 Å². The maximum Gasteiger partial charge on any atom is 0.343 e. The van der Waals surface area contributed by atoms with Crippen LogP contribution >= 0.6 is 11.6 Å². The van der Waals surface area contributed by atoms with Crippen LogP contribution in [-0.4, -0.2) is 27.3 Å². The molecular weight excluding hydrogens is 448 g/mol. The normalized spacial score (nSPS) is 10.7. The Bertz CT molecular complexity index is 1370. The van der Waals surface area contributed by atoms with Crippen LogP contribution in [0.4, 0.5) is 0 Å². The maximum atomic E-state index is 12.8. The van der Waals surface area contributed by atoms with E-state index in [0.717, 1.165) is 5.56 Å². The lowest BCUT2D eigenvalue weighted by Crippen LogP contribution is -2.10. The van der Waals surface area contributed by atoms with E-state index < -0.39 is 5.97 Å². The van der Waals surface area contributed by atoms with Gasteiger partial charge in [0, 0.05) is 16.7 Å². The lowest BCUT2D eigenvalue weighted by Gasteiger charge is -2.13. The monoisotopic (exact) mass is 466 g/mol. The van der Waals surface area contributed by atoms with Gasteiger partial charge in [0.15, 0.2) is 16.9 Å². The van der Waals surface area contributed by atoms with Gasteiger partial charge in [0.05, 0.1) is 32.3 Å². The molecule has 4 rings (SSSR count). The molecule has 0 atom stereocenters. The topological polar surface area (TPSA) is 84.2 Å². The van der Waals surface area contributed by atoms with E-state index in [1.54, 1.807) is 36.4 Å². The molecule has 0 fully saturated rings. The highest BCUT2D eigenvalue weighted by Crippen LogP contribution is 2.38. The Hall–Kier alpha value is -3.97. The molecule has 4 aromatic rings. The number of esters is 1. The van der Waals surface area contributed by atoms with Crippen molar-refractivity contribution >= 4 is 28.5 Å². The minimum atomic E-state index is -0.657. The minimum absolute atomic E-state index is 0.188. The molecule has 0 aliphatic rings. The summed E-state index contributed by atoms with van der Waals surface area (Å²) in [6.07, 6.45) is 0. The van der Waals surface area contributed by atoms with E-state index in [1.807, 2.05) is 0 Å². The molecule has 0 saturated carbocycles. The first-order chi connectivity index (χ1) is 15.9. The number of ether oxygens (including phenoxy) is 4. The molecule has 8 heteroatoms. The Morgan fingerprint density at radius 1 is 0.848 bits per heavy atom. The number of rotatable bonds is 6. The van der Waals surface area contributed by atoms with Gasteiger partial charge in [-0.3, -0.25) is 4.79 Å². The zero-order valence-electron chi connectivity index (χ0n) is 18.0. The molecule has 168 valence electrons. The summed E-state index contributed by atoms with van der Waals surface area (Å²) in [5, 5.41) is 0.864. The van der Waals surface area contributed by atoms with E-state index in [4.69, 9.17) is 35.0 Å². The van der Waals surface area contributed by atoms with Crippen molar-refractivity contribution in [2.24, 2.45) is 0 Å². The minimum Gasteiger partial charge on any atom is -0.493 e. The van der Waals surface area contributed by atoms with Crippen LogP contribution in [0.1, 0.15) is 10.4 Å². The molecule has 0 unspecified atom stereocenters. The number of hydrogen-bond donors (Lipinski definition) is 0. The third-order valence-electron chi connectivity index (χ3n) is 4.94. The standard InChI is InChI=1S/C25H19ClO7/c1-29-22-10-15(11-23(30-2)24(22)31-3)25(28)32-17-8-9-20-18(12-17)19(27)13-21(33-20)14-4-6-16(26)7-5-14/h4-13H,1-3H3. The van der Waals surface area contributed by atoms with Gasteiger partial charge in [0.1, 0.15) is 17.1 Å². The first-order valence-electron chi connectivity index (χ1n) is 9.79. The summed E-state index contributed by atoms with van der Waals surface area (Å²) in [7, 11) is 4.37. The molecule has 0 radical (unpaired) electrons. The fourth-order valence-corrected chi connectivity index (χ4v) is 3.45. The van der Waals surface area contributed by atoms with Crippen molar-refractivity contribution in [2.75, 3.05) is 21.3 Å². The van der Waals surface area contributed by atoms with Crippen molar-refractivity contribution in [3.63, 3.8) is 0 Å². The second-order valence-corrected chi connectivity index (χ2v) is 7.38. The zero-order chi connectivity index (χ0) is 23.5. The van der Waals surface area contributed by atoms with E-state index in [1.165, 1.54) is 45.6 Å². The SMILES string of the molecule is COc1cc(C(=O)Oc2ccc3oc(-c4ccc(Cl)cc4)cc(=O)c3c2)cc(OC)c1OC. The number of methoxy groups -OCH3 is 3. The van der Waals surface area contributed by atoms with Crippen molar-refractivity contribution in [1.29, 1.82) is 0 Å². The molecule has 0 bridgehead atoms. The summed E-state index contributed by atoms with van der Waals surface area (Å²) in [5.74, 6) is 0.932. The average molecular weight is 467 g/mol. The van der Waals surface area contributed by atoms with Crippen molar-refractivity contribution in [3.8, 4) is 34.3 Å². The van der Waals surface area contributed by atoms with E-state index in [0.29, 0.717) is 33.6 Å². The molecule has 0 spiro atoms. The number of carbonyl (C=O) groups is 1. The Morgan fingerprint density at radius 3 is 2.12 bits per heavy atom. The van der Waals surface area contributed by atoms with Crippen molar-refractivity contribution in [1.82, 2.24) is 0 Å². The summed E-state index contributed by atoms with van der Waals surface area (Å²) in [5.41, 5.74) is 0.998. The van der Waals surface area contributed by atoms with Crippen LogP contribution in [0, 0.1) is 0 Å². The van der Waals surface area contributed by atoms with Crippen LogP contribution in [0.3, 0.4) is 0 Å². The van der Waals surface area contributed by atoms with Gasteiger partial charge in [0.25, 0.3) is 0 Å². The predicted octanol–water partition coefficient (Wildman–Crippen LogP) is 5.36. The van der Waals surface area contributed by atoms with Gasteiger partial charge in [-0.15, -0.1) is 0 Å². The largest absolute Gasteiger partial charge is 0.493 e. The van der Waals surface area contributed by atoms with Crippen LogP contribution in [0.15, 0.2) is 69.9 Å². The molecule has 0 amide bonds. The number of fused-ring (bicyclic) bond motifs is 1. The number of halogens is 1. The average Bonchev–Trinajstić information content (AvgIpc) is 2.83. The molecule has 0 saturated heterocycles. The Labute approximate surface area is 194 Å². The van der Waals surface area contributed by atoms with Gasteiger partial charge in [0.2, 0.25) is 5.75 Å². The highest BCUT2D eigenvalue weighted by Gasteiger charge is 2.19.